The average Bonchev–Trinajstić information content (AvgIpc) is 2.16. The van der Waals surface area contributed by atoms with E-state index in [0.717, 1.165) is 5.56 Å². The highest BCUT2D eigenvalue weighted by molar-refractivity contribution is 5.86. The summed E-state index contributed by atoms with van der Waals surface area (Å²) in [7, 11) is 0. The predicted molar refractivity (Wildman–Crippen MR) is 59.4 cm³/mol. The molecule has 0 heterocycles. The summed E-state index contributed by atoms with van der Waals surface area (Å²) < 4.78 is 0. The number of ketones is 1. The molecule has 0 aromatic heterocycles. The molecule has 0 fully saturated rings. The van der Waals surface area contributed by atoms with Crippen molar-refractivity contribution in [1.82, 2.24) is 0 Å². The molecule has 0 N–H and O–H groups in total. The molecular weight excluding hydrogens is 172 g/mol. The molecule has 0 aliphatic rings. The minimum Gasteiger partial charge on any atom is -0.299 e. The van der Waals surface area contributed by atoms with Gasteiger partial charge < -0.3 is 0 Å². The molecule has 0 saturated carbocycles. The summed E-state index contributed by atoms with van der Waals surface area (Å²) in [6.45, 7) is 7.94. The molecule has 0 radical (unpaired) electrons. The van der Waals surface area contributed by atoms with Crippen molar-refractivity contribution in [3.63, 3.8) is 0 Å². The van der Waals surface area contributed by atoms with Crippen LogP contribution in [0.3, 0.4) is 0 Å². The largest absolute Gasteiger partial charge is 0.299 e. The normalized spacial score (nSPS) is 12.9. The Morgan fingerprint density at radius 3 is 2.00 bits per heavy atom. The molecule has 0 spiro atoms. The molecule has 0 amide bonds. The smallest absolute Gasteiger partial charge is 0.142 e. The van der Waals surface area contributed by atoms with Gasteiger partial charge in [0.15, 0.2) is 0 Å². The molecule has 1 atom stereocenters. The van der Waals surface area contributed by atoms with E-state index in [0.29, 0.717) is 5.78 Å². The Kier molecular flexibility index (Phi) is 3.45. The first-order valence-electron chi connectivity index (χ1n) is 5.12. The van der Waals surface area contributed by atoms with Crippen LogP contribution in [0.5, 0.6) is 0 Å². The summed E-state index contributed by atoms with van der Waals surface area (Å²) in [6.07, 6.45) is 0. The quantitative estimate of drug-likeness (QED) is 0.714. The van der Waals surface area contributed by atoms with Gasteiger partial charge in [0, 0.05) is 11.8 Å². The number of carbonyl (C=O) groups is 1. The van der Waals surface area contributed by atoms with Crippen LogP contribution >= 0.6 is 0 Å². The Labute approximate surface area is 86.1 Å². The second kappa shape index (κ2) is 4.41. The van der Waals surface area contributed by atoms with Crippen LogP contribution in [0.25, 0.3) is 0 Å². The maximum absolute atomic E-state index is 11.7. The molecule has 1 rings (SSSR count). The highest BCUT2D eigenvalue weighted by atomic mass is 16.1. The van der Waals surface area contributed by atoms with Crippen molar-refractivity contribution in [1.29, 1.82) is 0 Å². The predicted octanol–water partition coefficient (Wildman–Crippen LogP) is 3.32. The van der Waals surface area contributed by atoms with Gasteiger partial charge in [-0.3, -0.25) is 4.79 Å². The van der Waals surface area contributed by atoms with Crippen molar-refractivity contribution >= 4 is 5.78 Å². The van der Waals surface area contributed by atoms with Crippen LogP contribution in [0.1, 0.15) is 37.8 Å². The Balaban J connectivity index is 2.84. The molecule has 0 bridgehead atoms. The molecule has 76 valence electrons. The van der Waals surface area contributed by atoms with Crippen LogP contribution in [0.15, 0.2) is 24.3 Å². The van der Waals surface area contributed by atoms with Gasteiger partial charge in [-0.15, -0.1) is 0 Å². The summed E-state index contributed by atoms with van der Waals surface area (Å²) in [4.78, 5) is 11.7. The van der Waals surface area contributed by atoms with Gasteiger partial charge in [0.2, 0.25) is 0 Å². The number of carbonyl (C=O) groups excluding carboxylic acids is 1. The highest BCUT2D eigenvalue weighted by Crippen LogP contribution is 2.20. The molecule has 0 aliphatic heterocycles. The van der Waals surface area contributed by atoms with E-state index in [9.17, 15) is 4.79 Å². The number of Topliss-reactive ketones (excluding diaryl/α,β-unsaturated/α-hetero) is 1. The Morgan fingerprint density at radius 2 is 1.57 bits per heavy atom. The Hall–Kier alpha value is -1.11. The molecular formula is C13H18O. The summed E-state index contributed by atoms with van der Waals surface area (Å²) in [5, 5.41) is 0. The monoisotopic (exact) mass is 190 g/mol. The first-order chi connectivity index (χ1) is 6.52. The van der Waals surface area contributed by atoms with Crippen molar-refractivity contribution < 1.29 is 4.79 Å². The number of rotatable bonds is 3. The fourth-order valence-corrected chi connectivity index (χ4v) is 1.52. The molecule has 14 heavy (non-hydrogen) atoms. The van der Waals surface area contributed by atoms with Crippen LogP contribution in [0, 0.1) is 12.8 Å². The SMILES string of the molecule is Cc1ccc(C(C)C(=O)C(C)C)cc1. The van der Waals surface area contributed by atoms with Crippen molar-refractivity contribution in [2.24, 2.45) is 5.92 Å². The maximum atomic E-state index is 11.7. The van der Waals surface area contributed by atoms with E-state index in [4.69, 9.17) is 0 Å². The van der Waals surface area contributed by atoms with E-state index in [2.05, 4.69) is 19.1 Å². The number of benzene rings is 1. The number of aryl methyl sites for hydroxylation is 1. The first-order valence-corrected chi connectivity index (χ1v) is 5.12. The van der Waals surface area contributed by atoms with Gasteiger partial charge >= 0.3 is 0 Å². The zero-order chi connectivity index (χ0) is 10.7. The minimum absolute atomic E-state index is 0.0237. The fourth-order valence-electron chi connectivity index (χ4n) is 1.52. The molecule has 1 aromatic rings. The zero-order valence-electron chi connectivity index (χ0n) is 9.37. The standard InChI is InChI=1S/C13H18O/c1-9(2)13(14)11(4)12-7-5-10(3)6-8-12/h5-9,11H,1-4H3. The van der Waals surface area contributed by atoms with Crippen molar-refractivity contribution in [2.75, 3.05) is 0 Å². The summed E-state index contributed by atoms with van der Waals surface area (Å²) in [6, 6.07) is 8.19. The van der Waals surface area contributed by atoms with Crippen LogP contribution in [-0.2, 0) is 4.79 Å². The van der Waals surface area contributed by atoms with Gasteiger partial charge in [0.1, 0.15) is 5.78 Å². The third kappa shape index (κ3) is 2.44. The lowest BCUT2D eigenvalue weighted by Gasteiger charge is -2.13. The molecule has 1 nitrogen and oxygen atoms in total. The van der Waals surface area contributed by atoms with Gasteiger partial charge in [0.25, 0.3) is 0 Å². The van der Waals surface area contributed by atoms with Gasteiger partial charge in [-0.1, -0.05) is 50.6 Å². The van der Waals surface area contributed by atoms with Crippen LogP contribution in [0.2, 0.25) is 0 Å². The molecule has 1 aromatic carbocycles. The van der Waals surface area contributed by atoms with E-state index in [1.807, 2.05) is 32.9 Å². The molecule has 1 heteroatoms. The Bertz CT molecular complexity index is 309. The second-order valence-corrected chi connectivity index (χ2v) is 4.19. The topological polar surface area (TPSA) is 17.1 Å². The Morgan fingerprint density at radius 1 is 1.07 bits per heavy atom. The van der Waals surface area contributed by atoms with Gasteiger partial charge in [0.05, 0.1) is 0 Å². The zero-order valence-corrected chi connectivity index (χ0v) is 9.37. The van der Waals surface area contributed by atoms with E-state index in [-0.39, 0.29) is 11.8 Å². The van der Waals surface area contributed by atoms with Crippen LogP contribution in [-0.4, -0.2) is 5.78 Å². The average molecular weight is 190 g/mol. The minimum atomic E-state index is 0.0237. The van der Waals surface area contributed by atoms with Gasteiger partial charge in [-0.2, -0.15) is 0 Å². The molecule has 0 saturated heterocycles. The van der Waals surface area contributed by atoms with Crippen molar-refractivity contribution in [3.05, 3.63) is 35.4 Å². The highest BCUT2D eigenvalue weighted by Gasteiger charge is 2.17. The lowest BCUT2D eigenvalue weighted by molar-refractivity contribution is -0.123. The lowest BCUT2D eigenvalue weighted by Crippen LogP contribution is -2.15. The summed E-state index contributed by atoms with van der Waals surface area (Å²) in [5.41, 5.74) is 2.35. The fraction of sp³-hybridized carbons (Fsp3) is 0.462. The van der Waals surface area contributed by atoms with Gasteiger partial charge in [-0.05, 0) is 12.5 Å². The summed E-state index contributed by atoms with van der Waals surface area (Å²) in [5.74, 6) is 0.454. The molecule has 0 aliphatic carbocycles. The first kappa shape index (κ1) is 11.0. The van der Waals surface area contributed by atoms with E-state index in [1.54, 1.807) is 0 Å². The lowest BCUT2D eigenvalue weighted by atomic mass is 9.90. The van der Waals surface area contributed by atoms with E-state index >= 15 is 0 Å². The maximum Gasteiger partial charge on any atom is 0.142 e. The van der Waals surface area contributed by atoms with Gasteiger partial charge in [-0.25, -0.2) is 0 Å². The van der Waals surface area contributed by atoms with Crippen LogP contribution < -0.4 is 0 Å². The third-order valence-corrected chi connectivity index (χ3v) is 2.57. The number of hydrogen-bond donors (Lipinski definition) is 0. The van der Waals surface area contributed by atoms with Crippen LogP contribution in [0.4, 0.5) is 0 Å². The third-order valence-electron chi connectivity index (χ3n) is 2.57. The van der Waals surface area contributed by atoms with E-state index in [1.165, 1.54) is 5.56 Å². The van der Waals surface area contributed by atoms with Crippen molar-refractivity contribution in [2.45, 2.75) is 33.6 Å². The van der Waals surface area contributed by atoms with E-state index < -0.39 is 0 Å². The number of hydrogen-bond acceptors (Lipinski definition) is 1. The van der Waals surface area contributed by atoms with Crippen molar-refractivity contribution in [3.8, 4) is 0 Å². The second-order valence-electron chi connectivity index (χ2n) is 4.19. The molecule has 1 unspecified atom stereocenters. The summed E-state index contributed by atoms with van der Waals surface area (Å²) >= 11 is 0.